The smallest absolute Gasteiger partial charge is 0.255 e. The van der Waals surface area contributed by atoms with E-state index < -0.39 is 6.04 Å². The summed E-state index contributed by atoms with van der Waals surface area (Å²) in [6.45, 7) is 3.92. The van der Waals surface area contributed by atoms with Crippen molar-refractivity contribution < 1.29 is 9.53 Å². The van der Waals surface area contributed by atoms with Gasteiger partial charge in [-0.1, -0.05) is 53.7 Å². The normalized spacial score (nSPS) is 15.4. The fraction of sp³-hybridized carbons (Fsp3) is 0.227. The molecule has 154 valence electrons. The number of methoxy groups -OCH3 is 1. The Balaban J connectivity index is 1.79. The molecule has 0 aliphatic carbocycles. The van der Waals surface area contributed by atoms with Crippen LogP contribution in [-0.2, 0) is 4.79 Å². The molecule has 1 aliphatic heterocycles. The van der Waals surface area contributed by atoms with Crippen LogP contribution in [-0.4, -0.2) is 34.0 Å². The zero-order chi connectivity index (χ0) is 21.3. The minimum absolute atomic E-state index is 0.220. The standard InChI is InChI=1S/C22H23N5O2S/c1-13-9-11-15(12-10-13)19-18(14(2)23-21-25-22(30-4)26-27(19)21)20(28)24-16-7-5-6-8-17(16)29-3/h5-12,19H,1-4H3,(H,24,28)(H,23,25,26)/t19-/m0/s1. The van der Waals surface area contributed by atoms with Gasteiger partial charge < -0.3 is 15.4 Å². The topological polar surface area (TPSA) is 81.1 Å². The Morgan fingerprint density at radius 1 is 1.17 bits per heavy atom. The summed E-state index contributed by atoms with van der Waals surface area (Å²) in [6, 6.07) is 15.1. The SMILES string of the molecule is COc1ccccc1NC(=O)C1=C(C)Nc2nc(SC)nn2[C@H]1c1ccc(C)cc1. The number of amides is 1. The van der Waals surface area contributed by atoms with Crippen LogP contribution in [0.2, 0.25) is 0 Å². The van der Waals surface area contributed by atoms with E-state index in [1.54, 1.807) is 11.8 Å². The number of ether oxygens (including phenoxy) is 1. The molecule has 0 saturated heterocycles. The molecule has 0 unspecified atom stereocenters. The van der Waals surface area contributed by atoms with Crippen molar-refractivity contribution in [2.24, 2.45) is 0 Å². The predicted octanol–water partition coefficient (Wildman–Crippen LogP) is 4.24. The van der Waals surface area contributed by atoms with Gasteiger partial charge in [0.25, 0.3) is 5.91 Å². The van der Waals surface area contributed by atoms with Crippen LogP contribution in [0.1, 0.15) is 24.1 Å². The van der Waals surface area contributed by atoms with Gasteiger partial charge in [0.2, 0.25) is 11.1 Å². The number of hydrogen-bond acceptors (Lipinski definition) is 6. The first-order valence-electron chi connectivity index (χ1n) is 9.51. The lowest BCUT2D eigenvalue weighted by Gasteiger charge is -2.29. The molecule has 4 rings (SSSR count). The van der Waals surface area contributed by atoms with Crippen LogP contribution in [0.4, 0.5) is 11.6 Å². The van der Waals surface area contributed by atoms with Crippen molar-refractivity contribution in [1.29, 1.82) is 0 Å². The maximum Gasteiger partial charge on any atom is 0.255 e. The number of nitrogens with zero attached hydrogens (tertiary/aromatic N) is 3. The third-order valence-electron chi connectivity index (χ3n) is 5.01. The highest BCUT2D eigenvalue weighted by molar-refractivity contribution is 7.98. The first-order chi connectivity index (χ1) is 14.5. The monoisotopic (exact) mass is 421 g/mol. The molecule has 1 atom stereocenters. The van der Waals surface area contributed by atoms with Crippen LogP contribution >= 0.6 is 11.8 Å². The van der Waals surface area contributed by atoms with Crippen LogP contribution in [0, 0.1) is 6.92 Å². The molecule has 2 heterocycles. The Kier molecular flexibility index (Phi) is 5.50. The van der Waals surface area contributed by atoms with Crippen LogP contribution in [0.3, 0.4) is 0 Å². The first-order valence-corrected chi connectivity index (χ1v) is 10.7. The maximum absolute atomic E-state index is 13.5. The zero-order valence-corrected chi connectivity index (χ0v) is 18.1. The lowest BCUT2D eigenvalue weighted by atomic mass is 9.94. The number of fused-ring (bicyclic) bond motifs is 1. The fourth-order valence-corrected chi connectivity index (χ4v) is 3.85. The number of thioether (sulfide) groups is 1. The Labute approximate surface area is 179 Å². The van der Waals surface area contributed by atoms with Crippen molar-refractivity contribution in [3.8, 4) is 5.75 Å². The van der Waals surface area contributed by atoms with Gasteiger partial charge in [-0.2, -0.15) is 4.98 Å². The van der Waals surface area contributed by atoms with Crippen molar-refractivity contribution in [2.75, 3.05) is 24.0 Å². The number of anilines is 2. The Morgan fingerprint density at radius 2 is 1.90 bits per heavy atom. The minimum Gasteiger partial charge on any atom is -0.495 e. The molecule has 2 N–H and O–H groups in total. The van der Waals surface area contributed by atoms with Gasteiger partial charge in [0.05, 0.1) is 18.4 Å². The molecule has 1 aliphatic rings. The molecule has 0 radical (unpaired) electrons. The number of carbonyl (C=O) groups excluding carboxylic acids is 1. The number of aromatic nitrogens is 3. The molecule has 2 aromatic carbocycles. The Bertz CT molecular complexity index is 1120. The van der Waals surface area contributed by atoms with E-state index in [-0.39, 0.29) is 5.91 Å². The molecule has 0 bridgehead atoms. The van der Waals surface area contributed by atoms with Crippen LogP contribution in [0.25, 0.3) is 0 Å². The highest BCUT2D eigenvalue weighted by atomic mass is 32.2. The molecule has 0 spiro atoms. The summed E-state index contributed by atoms with van der Waals surface area (Å²) >= 11 is 1.46. The highest BCUT2D eigenvalue weighted by Crippen LogP contribution is 2.37. The largest absolute Gasteiger partial charge is 0.495 e. The molecule has 3 aromatic rings. The van der Waals surface area contributed by atoms with Crippen molar-refractivity contribution in [1.82, 2.24) is 14.8 Å². The van der Waals surface area contributed by atoms with Gasteiger partial charge in [0, 0.05) is 5.70 Å². The van der Waals surface area contributed by atoms with Gasteiger partial charge in [-0.15, -0.1) is 5.10 Å². The molecule has 0 fully saturated rings. The van der Waals surface area contributed by atoms with Crippen LogP contribution in [0.15, 0.2) is 65.0 Å². The Morgan fingerprint density at radius 3 is 2.60 bits per heavy atom. The van der Waals surface area contributed by atoms with Crippen LogP contribution < -0.4 is 15.4 Å². The number of para-hydroxylation sites is 2. The van der Waals surface area contributed by atoms with E-state index in [0.717, 1.165) is 16.8 Å². The summed E-state index contributed by atoms with van der Waals surface area (Å²) in [5, 5.41) is 11.5. The number of allylic oxidation sites excluding steroid dienone is 1. The number of carbonyl (C=O) groups is 1. The quantitative estimate of drug-likeness (QED) is 0.600. The zero-order valence-electron chi connectivity index (χ0n) is 17.3. The number of aryl methyl sites for hydroxylation is 1. The van der Waals surface area contributed by atoms with E-state index in [2.05, 4.69) is 20.7 Å². The summed E-state index contributed by atoms with van der Waals surface area (Å²) < 4.78 is 7.16. The average Bonchev–Trinajstić information content (AvgIpc) is 3.16. The Hall–Kier alpha value is -3.26. The molecule has 8 heteroatoms. The second-order valence-corrected chi connectivity index (χ2v) is 7.77. The third-order valence-corrected chi connectivity index (χ3v) is 5.55. The number of rotatable bonds is 5. The van der Waals surface area contributed by atoms with Gasteiger partial charge in [0.15, 0.2) is 0 Å². The molecule has 30 heavy (non-hydrogen) atoms. The molecule has 1 amide bonds. The van der Waals surface area contributed by atoms with Gasteiger partial charge >= 0.3 is 0 Å². The number of nitrogens with one attached hydrogen (secondary N) is 2. The molecule has 7 nitrogen and oxygen atoms in total. The van der Waals surface area contributed by atoms with Crippen LogP contribution in [0.5, 0.6) is 5.75 Å². The van der Waals surface area contributed by atoms with Crippen molar-refractivity contribution in [2.45, 2.75) is 25.0 Å². The molecular formula is C22H23N5O2S. The third kappa shape index (κ3) is 3.66. The first kappa shape index (κ1) is 20.0. The second kappa shape index (κ2) is 8.23. The van der Waals surface area contributed by atoms with Crippen molar-refractivity contribution in [3.05, 3.63) is 70.9 Å². The lowest BCUT2D eigenvalue weighted by Crippen LogP contribution is -2.31. The number of hydrogen-bond donors (Lipinski definition) is 2. The van der Waals surface area contributed by atoms with E-state index in [1.165, 1.54) is 11.8 Å². The molecule has 0 saturated carbocycles. The van der Waals surface area contributed by atoms with Gasteiger partial charge in [-0.25, -0.2) is 4.68 Å². The van der Waals surface area contributed by atoms with E-state index in [0.29, 0.717) is 28.1 Å². The van der Waals surface area contributed by atoms with E-state index in [4.69, 9.17) is 4.74 Å². The second-order valence-electron chi connectivity index (χ2n) is 7.00. The van der Waals surface area contributed by atoms with E-state index in [9.17, 15) is 4.79 Å². The molecular weight excluding hydrogens is 398 g/mol. The van der Waals surface area contributed by atoms with Gasteiger partial charge in [0.1, 0.15) is 11.8 Å². The summed E-state index contributed by atoms with van der Waals surface area (Å²) in [7, 11) is 1.58. The minimum atomic E-state index is -0.398. The summed E-state index contributed by atoms with van der Waals surface area (Å²) in [4.78, 5) is 18.0. The van der Waals surface area contributed by atoms with E-state index in [1.807, 2.05) is 68.6 Å². The van der Waals surface area contributed by atoms with Crippen molar-refractivity contribution >= 4 is 29.3 Å². The van der Waals surface area contributed by atoms with Gasteiger partial charge in [-0.05, 0) is 37.8 Å². The average molecular weight is 422 g/mol. The summed E-state index contributed by atoms with van der Waals surface area (Å²) in [5.74, 6) is 1.00. The summed E-state index contributed by atoms with van der Waals surface area (Å²) in [6.07, 6.45) is 1.93. The fourth-order valence-electron chi connectivity index (χ4n) is 3.51. The van der Waals surface area contributed by atoms with Gasteiger partial charge in [-0.3, -0.25) is 4.79 Å². The summed E-state index contributed by atoms with van der Waals surface area (Å²) in [5.41, 5.74) is 4.04. The van der Waals surface area contributed by atoms with E-state index >= 15 is 0 Å². The lowest BCUT2D eigenvalue weighted by molar-refractivity contribution is -0.113. The molecule has 1 aromatic heterocycles. The number of benzene rings is 2. The highest BCUT2D eigenvalue weighted by Gasteiger charge is 2.34. The maximum atomic E-state index is 13.5. The van der Waals surface area contributed by atoms with Crippen molar-refractivity contribution in [3.63, 3.8) is 0 Å². The predicted molar refractivity (Wildman–Crippen MR) is 119 cm³/mol.